The number of benzene rings is 2. The molecule has 0 unspecified atom stereocenters. The zero-order valence-corrected chi connectivity index (χ0v) is 20.3. The molecule has 0 spiro atoms. The highest BCUT2D eigenvalue weighted by molar-refractivity contribution is 7.89. The Morgan fingerprint density at radius 3 is 2.48 bits per heavy atom. The summed E-state index contributed by atoms with van der Waals surface area (Å²) in [6, 6.07) is 9.55. The molecule has 10 heteroatoms. The molecule has 8 nitrogen and oxygen atoms in total. The summed E-state index contributed by atoms with van der Waals surface area (Å²) in [6.07, 6.45) is 1.69. The van der Waals surface area contributed by atoms with Crippen LogP contribution < -0.4 is 15.0 Å². The third-order valence-corrected chi connectivity index (χ3v) is 8.34. The van der Waals surface area contributed by atoms with Gasteiger partial charge in [0.1, 0.15) is 12.3 Å². The molecule has 2 aromatic rings. The summed E-state index contributed by atoms with van der Waals surface area (Å²) in [5, 5.41) is 3.09. The van der Waals surface area contributed by atoms with Crippen molar-refractivity contribution >= 4 is 44.8 Å². The van der Waals surface area contributed by atoms with Crippen LogP contribution in [0.3, 0.4) is 0 Å². The number of anilines is 2. The Morgan fingerprint density at radius 1 is 1.15 bits per heavy atom. The molecule has 2 amide bonds. The molecule has 4 rings (SSSR count). The van der Waals surface area contributed by atoms with Gasteiger partial charge in [0.25, 0.3) is 0 Å². The highest BCUT2D eigenvalue weighted by Gasteiger charge is 2.45. The van der Waals surface area contributed by atoms with E-state index >= 15 is 0 Å². The number of nitrogens with zero attached hydrogens (tertiary/aromatic N) is 2. The van der Waals surface area contributed by atoms with Crippen LogP contribution >= 0.6 is 11.6 Å². The van der Waals surface area contributed by atoms with E-state index in [9.17, 15) is 18.0 Å². The average Bonchev–Trinajstić information content (AvgIpc) is 3.37. The fraction of sp³-hybridized carbons (Fsp3) is 0.391. The molecule has 0 aromatic heterocycles. The molecule has 2 aliphatic rings. The van der Waals surface area contributed by atoms with Gasteiger partial charge in [-0.2, -0.15) is 4.31 Å². The van der Waals surface area contributed by atoms with E-state index < -0.39 is 21.3 Å². The monoisotopic (exact) mass is 491 g/mol. The highest BCUT2D eigenvalue weighted by Crippen LogP contribution is 2.43. The lowest BCUT2D eigenvalue weighted by Crippen LogP contribution is -2.40. The van der Waals surface area contributed by atoms with Crippen molar-refractivity contribution in [3.8, 4) is 5.75 Å². The van der Waals surface area contributed by atoms with Crippen molar-refractivity contribution in [2.45, 2.75) is 37.0 Å². The van der Waals surface area contributed by atoms with Crippen molar-refractivity contribution in [2.75, 3.05) is 37.0 Å². The standard InChI is InChI=1S/C23H26ClN3O5S/c1-23(2)17-13-16(33(30,31)26-10-4-5-11-26)7-8-19(17)27(22(23)29)14-21(28)25-15-6-9-20(32-3)18(24)12-15/h6-9,12-13H,4-5,10-11,14H2,1-3H3,(H,25,28). The number of fused-ring (bicyclic) bond motifs is 1. The van der Waals surface area contributed by atoms with Crippen molar-refractivity contribution in [2.24, 2.45) is 0 Å². The van der Waals surface area contributed by atoms with Gasteiger partial charge in [-0.15, -0.1) is 0 Å². The van der Waals surface area contributed by atoms with Crippen LogP contribution in [0.1, 0.15) is 32.3 Å². The fourth-order valence-corrected chi connectivity index (χ4v) is 6.10. The molecule has 33 heavy (non-hydrogen) atoms. The number of hydrogen-bond donors (Lipinski definition) is 1. The lowest BCUT2D eigenvalue weighted by Gasteiger charge is -2.20. The molecule has 176 valence electrons. The number of amides is 2. The Labute approximate surface area is 198 Å². The van der Waals surface area contributed by atoms with Gasteiger partial charge in [-0.1, -0.05) is 11.6 Å². The molecule has 0 radical (unpaired) electrons. The van der Waals surface area contributed by atoms with Gasteiger partial charge < -0.3 is 15.0 Å². The molecule has 0 bridgehead atoms. The Morgan fingerprint density at radius 2 is 1.85 bits per heavy atom. The van der Waals surface area contributed by atoms with Gasteiger partial charge in [0.15, 0.2) is 0 Å². The third kappa shape index (κ3) is 4.20. The Bertz CT molecular complexity index is 1220. The first-order valence-electron chi connectivity index (χ1n) is 10.7. The average molecular weight is 492 g/mol. The second-order valence-corrected chi connectivity index (χ2v) is 11.0. The Balaban J connectivity index is 1.58. The summed E-state index contributed by atoms with van der Waals surface area (Å²) in [4.78, 5) is 27.5. The van der Waals surface area contributed by atoms with Crippen LogP contribution in [-0.2, 0) is 25.0 Å². The molecule has 1 N–H and O–H groups in total. The van der Waals surface area contributed by atoms with Crippen LogP contribution in [-0.4, -0.2) is 51.3 Å². The number of methoxy groups -OCH3 is 1. The van der Waals surface area contributed by atoms with Crippen molar-refractivity contribution in [1.29, 1.82) is 0 Å². The minimum absolute atomic E-state index is 0.170. The quantitative estimate of drug-likeness (QED) is 0.668. The summed E-state index contributed by atoms with van der Waals surface area (Å²) in [6.45, 7) is 4.27. The fourth-order valence-electron chi connectivity index (χ4n) is 4.30. The van der Waals surface area contributed by atoms with Crippen molar-refractivity contribution < 1.29 is 22.7 Å². The number of carbonyl (C=O) groups excluding carboxylic acids is 2. The molecule has 1 saturated heterocycles. The smallest absolute Gasteiger partial charge is 0.244 e. The molecule has 0 atom stereocenters. The Kier molecular flexibility index (Phi) is 6.15. The van der Waals surface area contributed by atoms with E-state index in [1.807, 2.05) is 0 Å². The van der Waals surface area contributed by atoms with Gasteiger partial charge in [0, 0.05) is 24.5 Å². The first-order valence-corrected chi connectivity index (χ1v) is 12.5. The van der Waals surface area contributed by atoms with E-state index in [-0.39, 0.29) is 17.3 Å². The molecule has 0 aliphatic carbocycles. The number of ether oxygens (including phenoxy) is 1. The van der Waals surface area contributed by atoms with Crippen LogP contribution in [0.2, 0.25) is 5.02 Å². The van der Waals surface area contributed by atoms with Gasteiger partial charge in [-0.3, -0.25) is 9.59 Å². The largest absolute Gasteiger partial charge is 0.495 e. The molecular weight excluding hydrogens is 466 g/mol. The highest BCUT2D eigenvalue weighted by atomic mass is 35.5. The maximum Gasteiger partial charge on any atom is 0.244 e. The van der Waals surface area contributed by atoms with Crippen LogP contribution in [0, 0.1) is 0 Å². The minimum Gasteiger partial charge on any atom is -0.495 e. The molecule has 2 aromatic carbocycles. The summed E-state index contributed by atoms with van der Waals surface area (Å²) in [5.41, 5.74) is 0.639. The van der Waals surface area contributed by atoms with Crippen molar-refractivity contribution in [3.63, 3.8) is 0 Å². The summed E-state index contributed by atoms with van der Waals surface area (Å²) in [5.74, 6) is -0.183. The van der Waals surface area contributed by atoms with Crippen LogP contribution in [0.25, 0.3) is 0 Å². The predicted octanol–water partition coefficient (Wildman–Crippen LogP) is 3.40. The van der Waals surface area contributed by atoms with Gasteiger partial charge in [0.2, 0.25) is 21.8 Å². The molecule has 0 saturated carbocycles. The number of nitrogens with one attached hydrogen (secondary N) is 1. The summed E-state index contributed by atoms with van der Waals surface area (Å²) < 4.78 is 32.6. The summed E-state index contributed by atoms with van der Waals surface area (Å²) in [7, 11) is -2.12. The predicted molar refractivity (Wildman–Crippen MR) is 126 cm³/mol. The molecular formula is C23H26ClN3O5S. The first kappa shape index (κ1) is 23.5. The number of halogens is 1. The maximum atomic E-state index is 13.2. The zero-order valence-electron chi connectivity index (χ0n) is 18.7. The lowest BCUT2D eigenvalue weighted by atomic mass is 9.86. The minimum atomic E-state index is -3.62. The molecule has 1 fully saturated rings. The second kappa shape index (κ2) is 8.62. The van der Waals surface area contributed by atoms with Gasteiger partial charge >= 0.3 is 0 Å². The van der Waals surface area contributed by atoms with E-state index in [4.69, 9.17) is 16.3 Å². The number of carbonyl (C=O) groups is 2. The van der Waals surface area contributed by atoms with E-state index in [1.54, 1.807) is 44.2 Å². The number of sulfonamides is 1. The molecule has 2 aliphatic heterocycles. The number of hydrogen-bond acceptors (Lipinski definition) is 5. The van der Waals surface area contributed by atoms with Gasteiger partial charge in [0.05, 0.1) is 22.4 Å². The lowest BCUT2D eigenvalue weighted by molar-refractivity contribution is -0.124. The Hall–Kier alpha value is -2.62. The maximum absolute atomic E-state index is 13.2. The van der Waals surface area contributed by atoms with E-state index in [1.165, 1.54) is 22.4 Å². The van der Waals surface area contributed by atoms with Crippen molar-refractivity contribution in [1.82, 2.24) is 4.31 Å². The van der Waals surface area contributed by atoms with E-state index in [2.05, 4.69) is 5.32 Å². The van der Waals surface area contributed by atoms with Crippen LogP contribution in [0.15, 0.2) is 41.3 Å². The topological polar surface area (TPSA) is 96.0 Å². The first-order chi connectivity index (χ1) is 15.6. The van der Waals surface area contributed by atoms with Crippen LogP contribution in [0.5, 0.6) is 5.75 Å². The van der Waals surface area contributed by atoms with Crippen LogP contribution in [0.4, 0.5) is 11.4 Å². The van der Waals surface area contributed by atoms with E-state index in [0.717, 1.165) is 12.8 Å². The third-order valence-electron chi connectivity index (χ3n) is 6.15. The van der Waals surface area contributed by atoms with E-state index in [0.29, 0.717) is 40.8 Å². The number of rotatable bonds is 6. The zero-order chi connectivity index (χ0) is 24.0. The van der Waals surface area contributed by atoms with Gasteiger partial charge in [-0.05, 0) is 68.7 Å². The van der Waals surface area contributed by atoms with Crippen molar-refractivity contribution in [3.05, 3.63) is 47.0 Å². The normalized spacial score (nSPS) is 17.8. The second-order valence-electron chi connectivity index (χ2n) is 8.70. The SMILES string of the molecule is COc1ccc(NC(=O)CN2C(=O)C(C)(C)c3cc(S(=O)(=O)N4CCCC4)ccc32)cc1Cl. The molecule has 2 heterocycles. The summed E-state index contributed by atoms with van der Waals surface area (Å²) >= 11 is 6.12. The van der Waals surface area contributed by atoms with Gasteiger partial charge in [-0.25, -0.2) is 8.42 Å².